The van der Waals surface area contributed by atoms with Crippen LogP contribution >= 0.6 is 31.9 Å². The first-order chi connectivity index (χ1) is 8.11. The summed E-state index contributed by atoms with van der Waals surface area (Å²) in [7, 11) is 1.57. The molecule has 0 radical (unpaired) electrons. The molecule has 0 aliphatic heterocycles. The zero-order valence-corrected chi connectivity index (χ0v) is 12.1. The molecule has 0 saturated heterocycles. The van der Waals surface area contributed by atoms with Gasteiger partial charge in [-0.2, -0.15) is 4.98 Å². The topological polar surface area (TPSA) is 74.2 Å². The van der Waals surface area contributed by atoms with Gasteiger partial charge < -0.3 is 15.0 Å². The summed E-state index contributed by atoms with van der Waals surface area (Å²) < 4.78 is 11.7. The highest BCUT2D eigenvalue weighted by Crippen LogP contribution is 2.34. The maximum absolute atomic E-state index is 5.94. The second-order valence-corrected chi connectivity index (χ2v) is 5.07. The molecular weight excluding hydrogens is 354 g/mol. The van der Waals surface area contributed by atoms with Crippen LogP contribution in [0.15, 0.2) is 25.6 Å². The summed E-state index contributed by atoms with van der Waals surface area (Å²) >= 11 is 6.74. The van der Waals surface area contributed by atoms with E-state index in [1.807, 2.05) is 12.1 Å². The summed E-state index contributed by atoms with van der Waals surface area (Å²) in [5.74, 6) is 0.856. The van der Waals surface area contributed by atoms with Gasteiger partial charge in [-0.3, -0.25) is 0 Å². The molecule has 1 aromatic carbocycles. The minimum atomic E-state index is 0.304. The number of ether oxygens (including phenoxy) is 1. The molecule has 0 aliphatic carbocycles. The van der Waals surface area contributed by atoms with E-state index in [0.29, 0.717) is 29.6 Å². The molecule has 2 rings (SSSR count). The lowest BCUT2D eigenvalue weighted by atomic mass is 10.2. The fraction of sp³-hybridized carbons (Fsp3) is 0.200. The molecule has 0 bridgehead atoms. The van der Waals surface area contributed by atoms with Gasteiger partial charge in [0, 0.05) is 16.1 Å². The summed E-state index contributed by atoms with van der Waals surface area (Å²) in [5.41, 5.74) is 7.18. The van der Waals surface area contributed by atoms with E-state index in [-0.39, 0.29) is 0 Å². The lowest BCUT2D eigenvalue weighted by Gasteiger charge is -2.04. The van der Waals surface area contributed by atoms with Crippen molar-refractivity contribution in [3.63, 3.8) is 0 Å². The van der Waals surface area contributed by atoms with E-state index in [1.54, 1.807) is 7.11 Å². The molecule has 5 nitrogen and oxygen atoms in total. The fourth-order valence-electron chi connectivity index (χ4n) is 1.31. The number of anilines is 1. The zero-order chi connectivity index (χ0) is 12.4. The van der Waals surface area contributed by atoms with Gasteiger partial charge >= 0.3 is 0 Å². The van der Waals surface area contributed by atoms with Crippen molar-refractivity contribution in [1.82, 2.24) is 10.1 Å². The third-order valence-corrected chi connectivity index (χ3v) is 3.18. The van der Waals surface area contributed by atoms with E-state index in [0.717, 1.165) is 8.95 Å². The number of methoxy groups -OCH3 is 1. The van der Waals surface area contributed by atoms with Gasteiger partial charge in [0.1, 0.15) is 6.61 Å². The van der Waals surface area contributed by atoms with Crippen molar-refractivity contribution in [2.24, 2.45) is 0 Å². The van der Waals surface area contributed by atoms with Crippen molar-refractivity contribution in [3.8, 4) is 11.5 Å². The normalized spacial score (nSPS) is 10.8. The molecule has 1 heterocycles. The highest BCUT2D eigenvalue weighted by atomic mass is 79.9. The lowest BCUT2D eigenvalue weighted by Crippen LogP contribution is -1.93. The first-order valence-electron chi connectivity index (χ1n) is 4.68. The first kappa shape index (κ1) is 12.5. The van der Waals surface area contributed by atoms with Gasteiger partial charge in [-0.05, 0) is 28.1 Å². The highest BCUT2D eigenvalue weighted by molar-refractivity contribution is 9.11. The van der Waals surface area contributed by atoms with E-state index < -0.39 is 0 Å². The first-order valence-corrected chi connectivity index (χ1v) is 6.27. The number of nitrogens with zero attached hydrogens (tertiary/aromatic N) is 2. The van der Waals surface area contributed by atoms with Gasteiger partial charge in [0.25, 0.3) is 5.89 Å². The molecule has 0 unspecified atom stereocenters. The minimum Gasteiger partial charge on any atom is -0.397 e. The Kier molecular flexibility index (Phi) is 3.80. The van der Waals surface area contributed by atoms with Gasteiger partial charge in [-0.25, -0.2) is 0 Å². The molecule has 0 amide bonds. The molecule has 2 N–H and O–H groups in total. The fourth-order valence-corrected chi connectivity index (χ4v) is 2.54. The van der Waals surface area contributed by atoms with E-state index in [9.17, 15) is 0 Å². The van der Waals surface area contributed by atoms with Crippen LogP contribution in [0.4, 0.5) is 5.69 Å². The van der Waals surface area contributed by atoms with Crippen LogP contribution in [0.25, 0.3) is 11.5 Å². The molecule has 1 aromatic heterocycles. The predicted octanol–water partition coefficient (Wildman–Crippen LogP) is 2.99. The molecule has 2 aromatic rings. The Balaban J connectivity index is 2.44. The minimum absolute atomic E-state index is 0.304. The van der Waals surface area contributed by atoms with Crippen LogP contribution < -0.4 is 5.73 Å². The maximum Gasteiger partial charge on any atom is 0.260 e. The average Bonchev–Trinajstić information content (AvgIpc) is 2.72. The number of nitrogens with two attached hydrogens (primary N) is 1. The predicted molar refractivity (Wildman–Crippen MR) is 70.3 cm³/mol. The Morgan fingerprint density at radius 1 is 1.41 bits per heavy atom. The van der Waals surface area contributed by atoms with Gasteiger partial charge in [0.2, 0.25) is 0 Å². The second kappa shape index (κ2) is 5.16. The van der Waals surface area contributed by atoms with Gasteiger partial charge in [-0.15, -0.1) is 0 Å². The monoisotopic (exact) mass is 361 g/mol. The Hall–Kier alpha value is -0.920. The Bertz CT molecular complexity index is 542. The second-order valence-electron chi connectivity index (χ2n) is 3.30. The molecule has 0 saturated carbocycles. The molecule has 0 spiro atoms. The van der Waals surface area contributed by atoms with Crippen LogP contribution in [0, 0.1) is 0 Å². The van der Waals surface area contributed by atoms with Gasteiger partial charge in [0.05, 0.1) is 11.3 Å². The van der Waals surface area contributed by atoms with E-state index in [2.05, 4.69) is 42.0 Å². The summed E-state index contributed by atoms with van der Waals surface area (Å²) in [6.07, 6.45) is 0. The summed E-state index contributed by atoms with van der Waals surface area (Å²) in [6, 6.07) is 3.68. The van der Waals surface area contributed by atoms with Crippen molar-refractivity contribution in [3.05, 3.63) is 26.9 Å². The Morgan fingerprint density at radius 3 is 2.88 bits per heavy atom. The third-order valence-electron chi connectivity index (χ3n) is 2.07. The van der Waals surface area contributed by atoms with Crippen LogP contribution in [0.5, 0.6) is 0 Å². The van der Waals surface area contributed by atoms with Crippen molar-refractivity contribution < 1.29 is 9.26 Å². The van der Waals surface area contributed by atoms with E-state index >= 15 is 0 Å². The number of nitrogen functional groups attached to an aromatic ring is 1. The molecule has 17 heavy (non-hydrogen) atoms. The number of rotatable bonds is 3. The Labute approximate surface area is 115 Å². The molecule has 0 fully saturated rings. The largest absolute Gasteiger partial charge is 0.397 e. The molecule has 7 heteroatoms. The lowest BCUT2D eigenvalue weighted by molar-refractivity contribution is 0.174. The summed E-state index contributed by atoms with van der Waals surface area (Å²) in [4.78, 5) is 4.19. The number of halogens is 2. The van der Waals surface area contributed by atoms with Gasteiger partial charge in [0.15, 0.2) is 5.82 Å². The number of benzene rings is 1. The average molecular weight is 363 g/mol. The van der Waals surface area contributed by atoms with Crippen molar-refractivity contribution in [2.45, 2.75) is 6.61 Å². The standard InChI is InChI=1S/C10H9Br2N3O2/c1-16-4-8-14-10(17-15-8)6-2-5(11)3-7(12)9(6)13/h2-3H,4,13H2,1H3. The van der Waals surface area contributed by atoms with Crippen LogP contribution in [-0.2, 0) is 11.3 Å². The third kappa shape index (κ3) is 2.67. The van der Waals surface area contributed by atoms with E-state index in [4.69, 9.17) is 15.0 Å². The highest BCUT2D eigenvalue weighted by Gasteiger charge is 2.14. The number of aromatic nitrogens is 2. The van der Waals surface area contributed by atoms with Crippen molar-refractivity contribution >= 4 is 37.5 Å². The van der Waals surface area contributed by atoms with Crippen LogP contribution in [-0.4, -0.2) is 17.3 Å². The smallest absolute Gasteiger partial charge is 0.260 e. The van der Waals surface area contributed by atoms with Crippen LogP contribution in [0.2, 0.25) is 0 Å². The molecule has 90 valence electrons. The molecule has 0 atom stereocenters. The Morgan fingerprint density at radius 2 is 2.18 bits per heavy atom. The summed E-state index contributed by atoms with van der Waals surface area (Å²) in [5, 5.41) is 3.79. The zero-order valence-electron chi connectivity index (χ0n) is 8.91. The van der Waals surface area contributed by atoms with Gasteiger partial charge in [-0.1, -0.05) is 21.1 Å². The summed E-state index contributed by atoms with van der Waals surface area (Å²) in [6.45, 7) is 0.304. The van der Waals surface area contributed by atoms with Crippen LogP contribution in [0.1, 0.15) is 5.82 Å². The molecular formula is C10H9Br2N3O2. The number of hydrogen-bond donors (Lipinski definition) is 1. The number of hydrogen-bond acceptors (Lipinski definition) is 5. The quantitative estimate of drug-likeness (QED) is 0.849. The van der Waals surface area contributed by atoms with Crippen molar-refractivity contribution in [2.75, 3.05) is 12.8 Å². The van der Waals surface area contributed by atoms with Crippen LogP contribution in [0.3, 0.4) is 0 Å². The van der Waals surface area contributed by atoms with E-state index in [1.165, 1.54) is 0 Å². The maximum atomic E-state index is 5.94. The SMILES string of the molecule is COCc1noc(-c2cc(Br)cc(Br)c2N)n1. The molecule has 0 aliphatic rings. The van der Waals surface area contributed by atoms with Crippen molar-refractivity contribution in [1.29, 1.82) is 0 Å².